The maximum atomic E-state index is 12.0. The number of hydrogen-bond donors (Lipinski definition) is 1. The summed E-state index contributed by atoms with van der Waals surface area (Å²) >= 11 is 1.22. The standard InChI is InChI=1S/C14H10N2O2S/c15-9-11(13(17)12-7-4-8-19-12)14(18)16-10-5-2-1-3-6-10/h1-8,11H,(H,16,18)/t11-/m0/s1. The van der Waals surface area contributed by atoms with Crippen LogP contribution in [0.25, 0.3) is 0 Å². The van der Waals surface area contributed by atoms with Crippen molar-refractivity contribution in [2.75, 3.05) is 5.32 Å². The number of thiophene rings is 1. The number of anilines is 1. The third-order valence-corrected chi connectivity index (χ3v) is 3.34. The van der Waals surface area contributed by atoms with E-state index in [2.05, 4.69) is 5.32 Å². The number of nitriles is 1. The van der Waals surface area contributed by atoms with Gasteiger partial charge in [0.25, 0.3) is 0 Å². The maximum absolute atomic E-state index is 12.0. The van der Waals surface area contributed by atoms with Crippen molar-refractivity contribution in [1.29, 1.82) is 5.26 Å². The van der Waals surface area contributed by atoms with E-state index in [1.807, 2.05) is 6.07 Å². The summed E-state index contributed by atoms with van der Waals surface area (Å²) in [6.07, 6.45) is 0. The van der Waals surface area contributed by atoms with Gasteiger partial charge in [-0.15, -0.1) is 11.3 Å². The lowest BCUT2D eigenvalue weighted by atomic mass is 10.0. The molecule has 2 rings (SSSR count). The summed E-state index contributed by atoms with van der Waals surface area (Å²) in [4.78, 5) is 24.3. The lowest BCUT2D eigenvalue weighted by molar-refractivity contribution is -0.117. The third kappa shape index (κ3) is 3.06. The van der Waals surface area contributed by atoms with Crippen LogP contribution < -0.4 is 5.32 Å². The molecule has 0 fully saturated rings. The molecule has 0 spiro atoms. The number of carbonyl (C=O) groups is 2. The Morgan fingerprint density at radius 2 is 1.89 bits per heavy atom. The van der Waals surface area contributed by atoms with Gasteiger partial charge in [0.15, 0.2) is 11.7 Å². The lowest BCUT2D eigenvalue weighted by Crippen LogP contribution is -2.28. The molecule has 5 heteroatoms. The highest BCUT2D eigenvalue weighted by atomic mass is 32.1. The molecule has 2 aromatic rings. The number of hydrogen-bond acceptors (Lipinski definition) is 4. The van der Waals surface area contributed by atoms with Crippen LogP contribution in [0.2, 0.25) is 0 Å². The fraction of sp³-hybridized carbons (Fsp3) is 0.0714. The summed E-state index contributed by atoms with van der Waals surface area (Å²) in [7, 11) is 0. The quantitative estimate of drug-likeness (QED) is 0.686. The average Bonchev–Trinajstić information content (AvgIpc) is 2.94. The topological polar surface area (TPSA) is 70.0 Å². The van der Waals surface area contributed by atoms with Crippen molar-refractivity contribution >= 4 is 28.7 Å². The number of carbonyl (C=O) groups excluding carboxylic acids is 2. The predicted octanol–water partition coefficient (Wildman–Crippen LogP) is 2.71. The van der Waals surface area contributed by atoms with E-state index in [-0.39, 0.29) is 0 Å². The second kappa shape index (κ2) is 5.94. The van der Waals surface area contributed by atoms with Crippen molar-refractivity contribution < 1.29 is 9.59 Å². The van der Waals surface area contributed by atoms with E-state index in [1.165, 1.54) is 11.3 Å². The first-order chi connectivity index (χ1) is 9.22. The van der Waals surface area contributed by atoms with Crippen molar-refractivity contribution in [2.24, 2.45) is 5.92 Å². The first-order valence-corrected chi connectivity index (χ1v) is 6.43. The van der Waals surface area contributed by atoms with Crippen LogP contribution in [0.4, 0.5) is 5.69 Å². The van der Waals surface area contributed by atoms with E-state index in [9.17, 15) is 9.59 Å². The number of amides is 1. The molecule has 1 N–H and O–H groups in total. The van der Waals surface area contributed by atoms with Gasteiger partial charge in [-0.25, -0.2) is 0 Å². The number of nitrogens with zero attached hydrogens (tertiary/aromatic N) is 1. The molecule has 19 heavy (non-hydrogen) atoms. The van der Waals surface area contributed by atoms with Crippen molar-refractivity contribution in [2.45, 2.75) is 0 Å². The van der Waals surface area contributed by atoms with E-state index >= 15 is 0 Å². The summed E-state index contributed by atoms with van der Waals surface area (Å²) in [5.41, 5.74) is 0.562. The largest absolute Gasteiger partial charge is 0.325 e. The third-order valence-electron chi connectivity index (χ3n) is 2.46. The zero-order valence-electron chi connectivity index (χ0n) is 9.87. The molecule has 0 aliphatic rings. The smallest absolute Gasteiger partial charge is 0.249 e. The van der Waals surface area contributed by atoms with Crippen molar-refractivity contribution in [1.82, 2.24) is 0 Å². The number of benzene rings is 1. The molecule has 0 unspecified atom stereocenters. The molecule has 94 valence electrons. The minimum Gasteiger partial charge on any atom is -0.325 e. The Hall–Kier alpha value is -2.45. The monoisotopic (exact) mass is 270 g/mol. The van der Waals surface area contributed by atoms with Crippen LogP contribution in [0.1, 0.15) is 9.67 Å². The maximum Gasteiger partial charge on any atom is 0.249 e. The van der Waals surface area contributed by atoms with Gasteiger partial charge in [0, 0.05) is 5.69 Å². The molecule has 1 aromatic heterocycles. The van der Waals surface area contributed by atoms with Crippen LogP contribution in [0, 0.1) is 17.2 Å². The summed E-state index contributed by atoms with van der Waals surface area (Å²) in [5.74, 6) is -2.39. The van der Waals surface area contributed by atoms with Gasteiger partial charge in [-0.1, -0.05) is 24.3 Å². The van der Waals surface area contributed by atoms with Crippen LogP contribution in [0.5, 0.6) is 0 Å². The number of Topliss-reactive ketones (excluding diaryl/α,β-unsaturated/α-hetero) is 1. The number of ketones is 1. The van der Waals surface area contributed by atoms with Gasteiger partial charge >= 0.3 is 0 Å². The van der Waals surface area contributed by atoms with Crippen LogP contribution >= 0.6 is 11.3 Å². The first-order valence-electron chi connectivity index (χ1n) is 5.55. The van der Waals surface area contributed by atoms with E-state index in [4.69, 9.17) is 5.26 Å². The Morgan fingerprint density at radius 3 is 2.47 bits per heavy atom. The molecule has 0 radical (unpaired) electrons. The Bertz CT molecular complexity index is 615. The average molecular weight is 270 g/mol. The molecule has 0 saturated heterocycles. The van der Waals surface area contributed by atoms with Gasteiger partial charge in [0.05, 0.1) is 10.9 Å². The van der Waals surface area contributed by atoms with E-state index in [0.717, 1.165) is 0 Å². The molecule has 1 amide bonds. The van der Waals surface area contributed by atoms with Gasteiger partial charge < -0.3 is 5.32 Å². The van der Waals surface area contributed by atoms with Crippen molar-refractivity contribution in [3.05, 3.63) is 52.7 Å². The Kier molecular flexibility index (Phi) is 4.06. The Labute approximate surface area is 114 Å². The Morgan fingerprint density at radius 1 is 1.16 bits per heavy atom. The highest BCUT2D eigenvalue weighted by Crippen LogP contribution is 2.16. The highest BCUT2D eigenvalue weighted by molar-refractivity contribution is 7.12. The Balaban J connectivity index is 2.13. The fourth-order valence-corrected chi connectivity index (χ4v) is 2.23. The molecule has 0 aliphatic heterocycles. The van der Waals surface area contributed by atoms with Crippen LogP contribution in [-0.2, 0) is 4.79 Å². The van der Waals surface area contributed by atoms with Crippen molar-refractivity contribution in [3.8, 4) is 6.07 Å². The van der Waals surface area contributed by atoms with E-state index in [0.29, 0.717) is 10.6 Å². The minimum absolute atomic E-state index is 0.412. The molecule has 1 heterocycles. The molecule has 1 atom stereocenters. The van der Waals surface area contributed by atoms with Gasteiger partial charge in [-0.3, -0.25) is 9.59 Å². The van der Waals surface area contributed by atoms with Crippen LogP contribution in [0.3, 0.4) is 0 Å². The van der Waals surface area contributed by atoms with Crippen LogP contribution in [0.15, 0.2) is 47.8 Å². The van der Waals surface area contributed by atoms with E-state index in [1.54, 1.807) is 47.8 Å². The van der Waals surface area contributed by atoms with Gasteiger partial charge in [-0.05, 0) is 23.6 Å². The molecule has 0 aliphatic carbocycles. The summed E-state index contributed by atoms with van der Waals surface area (Å²) in [5, 5.41) is 13.3. The van der Waals surface area contributed by atoms with Gasteiger partial charge in [0.2, 0.25) is 5.91 Å². The van der Waals surface area contributed by atoms with E-state index < -0.39 is 17.6 Å². The SMILES string of the molecule is N#C[C@H](C(=O)Nc1ccccc1)C(=O)c1cccs1. The molecule has 1 aromatic carbocycles. The zero-order chi connectivity index (χ0) is 13.7. The second-order valence-electron chi connectivity index (χ2n) is 3.76. The molecule has 4 nitrogen and oxygen atoms in total. The number of para-hydroxylation sites is 1. The lowest BCUT2D eigenvalue weighted by Gasteiger charge is -2.08. The highest BCUT2D eigenvalue weighted by Gasteiger charge is 2.28. The minimum atomic E-state index is -1.32. The van der Waals surface area contributed by atoms with Gasteiger partial charge in [-0.2, -0.15) is 5.26 Å². The molecular formula is C14H10N2O2S. The molecule has 0 bridgehead atoms. The molecular weight excluding hydrogens is 260 g/mol. The zero-order valence-corrected chi connectivity index (χ0v) is 10.7. The van der Waals surface area contributed by atoms with Crippen LogP contribution in [-0.4, -0.2) is 11.7 Å². The van der Waals surface area contributed by atoms with Crippen molar-refractivity contribution in [3.63, 3.8) is 0 Å². The second-order valence-corrected chi connectivity index (χ2v) is 4.71. The first kappa shape index (κ1) is 13.0. The summed E-state index contributed by atoms with van der Waals surface area (Å²) < 4.78 is 0. The number of rotatable bonds is 4. The predicted molar refractivity (Wildman–Crippen MR) is 72.8 cm³/mol. The summed E-state index contributed by atoms with van der Waals surface area (Å²) in [6.45, 7) is 0. The van der Waals surface area contributed by atoms with Gasteiger partial charge in [0.1, 0.15) is 0 Å². The fourth-order valence-electron chi connectivity index (χ4n) is 1.53. The summed E-state index contributed by atoms with van der Waals surface area (Å²) in [6, 6.07) is 13.8. The number of nitrogens with one attached hydrogen (secondary N) is 1. The normalized spacial score (nSPS) is 11.3. The molecule has 0 saturated carbocycles.